The third-order valence-electron chi connectivity index (χ3n) is 4.05. The zero-order valence-electron chi connectivity index (χ0n) is 16.0. The van der Waals surface area contributed by atoms with Gasteiger partial charge in [-0.25, -0.2) is 4.79 Å². The Bertz CT molecular complexity index is 376. The van der Waals surface area contributed by atoms with Crippen LogP contribution < -0.4 is 5.73 Å². The molecule has 2 N–H and O–H groups in total. The van der Waals surface area contributed by atoms with Crippen LogP contribution in [-0.2, 0) is 9.63 Å². The summed E-state index contributed by atoms with van der Waals surface area (Å²) in [6, 6.07) is 0. The molecule has 0 saturated carbocycles. The van der Waals surface area contributed by atoms with Gasteiger partial charge in [0.05, 0.1) is 0 Å². The molecule has 0 fully saturated rings. The molecule has 6 heteroatoms. The fourth-order valence-corrected chi connectivity index (χ4v) is 2.97. The Hall–Kier alpha value is -0.290. The molecule has 25 heavy (non-hydrogen) atoms. The summed E-state index contributed by atoms with van der Waals surface area (Å²) >= 11 is 12.9. The number of hydroxylamine groups is 2. The lowest BCUT2D eigenvalue weighted by Gasteiger charge is -2.32. The van der Waals surface area contributed by atoms with Gasteiger partial charge in [0.2, 0.25) is 4.46 Å². The Balaban J connectivity index is 4.15. The number of nitrogens with two attached hydrogens (primary N) is 1. The van der Waals surface area contributed by atoms with Crippen molar-refractivity contribution in [1.82, 2.24) is 5.06 Å². The summed E-state index contributed by atoms with van der Waals surface area (Å²) in [4.78, 5) is 17.1. The van der Waals surface area contributed by atoms with Crippen LogP contribution in [0, 0.1) is 0 Å². The van der Waals surface area contributed by atoms with Crippen LogP contribution in [0.4, 0.5) is 0 Å². The largest absolute Gasteiger partial charge is 0.361 e. The number of alkyl halides is 2. The standard InChI is InChI=1S/C19H36Cl2N2O2/c1-4-5-6-7-8-9-10-11-12-14-19(20,21)23(16-13-15-22)25-18(24)17(2)3/h2,4-16,22H2,1,3H3. The average Bonchev–Trinajstić information content (AvgIpc) is 2.56. The van der Waals surface area contributed by atoms with Crippen molar-refractivity contribution in [3.05, 3.63) is 12.2 Å². The number of rotatable bonds is 16. The monoisotopic (exact) mass is 394 g/mol. The Labute approximate surface area is 164 Å². The maximum atomic E-state index is 11.8. The number of carbonyl (C=O) groups excluding carboxylic acids is 1. The third kappa shape index (κ3) is 12.7. The molecule has 0 aliphatic rings. The predicted molar refractivity (Wildman–Crippen MR) is 108 cm³/mol. The van der Waals surface area contributed by atoms with Crippen molar-refractivity contribution in [3.8, 4) is 0 Å². The lowest BCUT2D eigenvalue weighted by atomic mass is 10.1. The molecule has 4 nitrogen and oxygen atoms in total. The molecular weight excluding hydrogens is 359 g/mol. The Morgan fingerprint density at radius 1 is 1.04 bits per heavy atom. The van der Waals surface area contributed by atoms with Gasteiger partial charge in [0.1, 0.15) is 0 Å². The van der Waals surface area contributed by atoms with Gasteiger partial charge in [-0.1, -0.05) is 88.1 Å². The van der Waals surface area contributed by atoms with Gasteiger partial charge >= 0.3 is 5.97 Å². The van der Waals surface area contributed by atoms with Crippen molar-refractivity contribution in [2.75, 3.05) is 13.1 Å². The predicted octanol–water partition coefficient (Wildman–Crippen LogP) is 5.72. The number of hydrogen-bond acceptors (Lipinski definition) is 4. The molecule has 0 aliphatic heterocycles. The molecule has 0 amide bonds. The smallest absolute Gasteiger partial charge is 0.352 e. The van der Waals surface area contributed by atoms with E-state index in [4.69, 9.17) is 33.8 Å². The van der Waals surface area contributed by atoms with Gasteiger partial charge in [0.25, 0.3) is 0 Å². The van der Waals surface area contributed by atoms with Gasteiger partial charge in [-0.2, -0.15) is 0 Å². The highest BCUT2D eigenvalue weighted by Crippen LogP contribution is 2.33. The first-order valence-corrected chi connectivity index (χ1v) is 10.3. The first-order chi connectivity index (χ1) is 11.8. The minimum Gasteiger partial charge on any atom is -0.361 e. The van der Waals surface area contributed by atoms with E-state index in [1.165, 1.54) is 50.0 Å². The number of unbranched alkanes of at least 4 members (excludes halogenated alkanes) is 8. The molecule has 0 aromatic carbocycles. The van der Waals surface area contributed by atoms with Crippen molar-refractivity contribution in [3.63, 3.8) is 0 Å². The van der Waals surface area contributed by atoms with Crippen molar-refractivity contribution in [1.29, 1.82) is 0 Å². The lowest BCUT2D eigenvalue weighted by molar-refractivity contribution is -0.195. The Morgan fingerprint density at radius 3 is 2.04 bits per heavy atom. The van der Waals surface area contributed by atoms with E-state index in [0.717, 1.165) is 12.8 Å². The summed E-state index contributed by atoms with van der Waals surface area (Å²) in [5.41, 5.74) is 5.85. The maximum Gasteiger partial charge on any atom is 0.352 e. The molecule has 0 aromatic heterocycles. The van der Waals surface area contributed by atoms with Crippen molar-refractivity contribution < 1.29 is 9.63 Å². The van der Waals surface area contributed by atoms with Gasteiger partial charge < -0.3 is 10.6 Å². The van der Waals surface area contributed by atoms with Crippen LogP contribution in [0.3, 0.4) is 0 Å². The number of carbonyl (C=O) groups is 1. The minimum atomic E-state index is -1.23. The molecule has 0 aliphatic carbocycles. The molecule has 148 valence electrons. The van der Waals surface area contributed by atoms with E-state index in [2.05, 4.69) is 13.5 Å². The molecule has 0 radical (unpaired) electrons. The maximum absolute atomic E-state index is 11.8. The van der Waals surface area contributed by atoms with E-state index in [9.17, 15) is 4.79 Å². The van der Waals surface area contributed by atoms with Crippen LogP contribution in [-0.4, -0.2) is 28.6 Å². The van der Waals surface area contributed by atoms with Crippen LogP contribution in [0.25, 0.3) is 0 Å². The summed E-state index contributed by atoms with van der Waals surface area (Å²) in [5.74, 6) is -0.519. The van der Waals surface area contributed by atoms with Crippen LogP contribution >= 0.6 is 23.2 Å². The molecule has 0 rings (SSSR count). The van der Waals surface area contributed by atoms with Gasteiger partial charge in [-0.3, -0.25) is 0 Å². The topological polar surface area (TPSA) is 55.6 Å². The Kier molecular flexibility index (Phi) is 14.7. The number of halogens is 2. The highest BCUT2D eigenvalue weighted by molar-refractivity contribution is 6.47. The lowest BCUT2D eigenvalue weighted by Crippen LogP contribution is -2.42. The van der Waals surface area contributed by atoms with Crippen LogP contribution in [0.2, 0.25) is 0 Å². The van der Waals surface area contributed by atoms with E-state index >= 15 is 0 Å². The van der Waals surface area contributed by atoms with Crippen LogP contribution in [0.1, 0.15) is 84.5 Å². The molecule has 0 heterocycles. The molecule has 0 aromatic rings. The minimum absolute atomic E-state index is 0.310. The van der Waals surface area contributed by atoms with E-state index in [-0.39, 0.29) is 0 Å². The molecule has 0 saturated heterocycles. The molecule has 0 bridgehead atoms. The van der Waals surface area contributed by atoms with Crippen molar-refractivity contribution in [2.45, 2.75) is 88.9 Å². The second-order valence-corrected chi connectivity index (χ2v) is 8.09. The van der Waals surface area contributed by atoms with Crippen LogP contribution in [0.5, 0.6) is 0 Å². The normalized spacial score (nSPS) is 11.8. The molecular formula is C19H36Cl2N2O2. The molecule has 0 atom stereocenters. The number of nitrogens with zero attached hydrogens (tertiary/aromatic N) is 1. The average molecular weight is 395 g/mol. The zero-order valence-corrected chi connectivity index (χ0v) is 17.5. The Morgan fingerprint density at radius 2 is 1.56 bits per heavy atom. The SMILES string of the molecule is C=C(C)C(=O)ON(CCCN)C(Cl)(Cl)CCCCCCCCCCC. The summed E-state index contributed by atoms with van der Waals surface area (Å²) < 4.78 is -1.23. The van der Waals surface area contributed by atoms with Gasteiger partial charge in [-0.15, -0.1) is 5.06 Å². The van der Waals surface area contributed by atoms with E-state index in [0.29, 0.717) is 31.5 Å². The molecule has 0 unspecified atom stereocenters. The van der Waals surface area contributed by atoms with Gasteiger partial charge in [0, 0.05) is 12.1 Å². The quantitative estimate of drug-likeness (QED) is 0.119. The third-order valence-corrected chi connectivity index (χ3v) is 4.81. The number of hydrogen-bond donors (Lipinski definition) is 1. The summed E-state index contributed by atoms with van der Waals surface area (Å²) in [6.07, 6.45) is 12.2. The zero-order chi connectivity index (χ0) is 19.1. The van der Waals surface area contributed by atoms with Crippen molar-refractivity contribution in [2.24, 2.45) is 5.73 Å². The van der Waals surface area contributed by atoms with E-state index < -0.39 is 10.4 Å². The van der Waals surface area contributed by atoms with E-state index in [1.807, 2.05) is 0 Å². The second-order valence-electron chi connectivity index (χ2n) is 6.65. The van der Waals surface area contributed by atoms with Crippen molar-refractivity contribution >= 4 is 29.2 Å². The summed E-state index contributed by atoms with van der Waals surface area (Å²) in [7, 11) is 0. The van der Waals surface area contributed by atoms with Gasteiger partial charge in [0.15, 0.2) is 0 Å². The fraction of sp³-hybridized carbons (Fsp3) is 0.842. The molecule has 0 spiro atoms. The first kappa shape index (κ1) is 24.7. The highest BCUT2D eigenvalue weighted by Gasteiger charge is 2.34. The highest BCUT2D eigenvalue weighted by atomic mass is 35.5. The second kappa shape index (κ2) is 14.8. The fourth-order valence-electron chi connectivity index (χ4n) is 2.46. The van der Waals surface area contributed by atoms with Crippen LogP contribution in [0.15, 0.2) is 12.2 Å². The first-order valence-electron chi connectivity index (χ1n) is 9.58. The van der Waals surface area contributed by atoms with E-state index in [1.54, 1.807) is 6.92 Å². The summed E-state index contributed by atoms with van der Waals surface area (Å²) in [5, 5.41) is 1.34. The van der Waals surface area contributed by atoms with Gasteiger partial charge in [-0.05, 0) is 32.7 Å². The summed E-state index contributed by atoms with van der Waals surface area (Å²) in [6.45, 7) is 8.28.